The van der Waals surface area contributed by atoms with Crippen LogP contribution < -0.4 is 14.2 Å². The van der Waals surface area contributed by atoms with Crippen molar-refractivity contribution >= 4 is 38.9 Å². The van der Waals surface area contributed by atoms with Crippen molar-refractivity contribution in [2.75, 3.05) is 11.8 Å². The smallest absolute Gasteiger partial charge is 0.495 e. The van der Waals surface area contributed by atoms with Gasteiger partial charge in [-0.3, -0.25) is 19.3 Å². The first-order chi connectivity index (χ1) is 16.8. The van der Waals surface area contributed by atoms with Gasteiger partial charge in [0.25, 0.3) is 10.0 Å². The monoisotopic (exact) mass is 542 g/mol. The van der Waals surface area contributed by atoms with E-state index in [1.54, 1.807) is 6.07 Å². The second kappa shape index (κ2) is 10.5. The molecule has 190 valence electrons. The van der Waals surface area contributed by atoms with Gasteiger partial charge < -0.3 is 9.47 Å². The van der Waals surface area contributed by atoms with Crippen LogP contribution in [0.25, 0.3) is 0 Å². The molecule has 0 radical (unpaired) electrons. The van der Waals surface area contributed by atoms with Crippen molar-refractivity contribution in [2.24, 2.45) is 0 Å². The summed E-state index contributed by atoms with van der Waals surface area (Å²) < 4.78 is 74.1. The summed E-state index contributed by atoms with van der Waals surface area (Å²) in [6.45, 7) is 1.17. The van der Waals surface area contributed by atoms with Gasteiger partial charge in [-0.1, -0.05) is 11.6 Å². The number of aromatic nitrogens is 1. The fourth-order valence-electron chi connectivity index (χ4n) is 3.27. The van der Waals surface area contributed by atoms with E-state index < -0.39 is 38.6 Å². The summed E-state index contributed by atoms with van der Waals surface area (Å²) in [7, 11) is -2.98. The summed E-state index contributed by atoms with van der Waals surface area (Å²) in [5.74, 6) is -1.45. The Labute approximate surface area is 209 Å². The average molecular weight is 543 g/mol. The third-order valence-corrected chi connectivity index (χ3v) is 6.46. The van der Waals surface area contributed by atoms with Gasteiger partial charge in [0.15, 0.2) is 11.6 Å². The molecular formula is C23H18ClF3N2O6S. The van der Waals surface area contributed by atoms with E-state index >= 15 is 0 Å². The molecule has 0 unspecified atom stereocenters. The largest absolute Gasteiger partial charge is 0.573 e. The number of hydrogen-bond acceptors (Lipinski definition) is 7. The predicted octanol–water partition coefficient (Wildman–Crippen LogP) is 5.07. The topological polar surface area (TPSA) is 112 Å². The van der Waals surface area contributed by atoms with E-state index in [0.717, 1.165) is 24.3 Å². The van der Waals surface area contributed by atoms with E-state index in [-0.39, 0.29) is 28.3 Å². The van der Waals surface area contributed by atoms with Gasteiger partial charge in [-0.15, -0.1) is 13.2 Å². The quantitative estimate of drug-likeness (QED) is 0.376. The zero-order valence-corrected chi connectivity index (χ0v) is 20.3. The van der Waals surface area contributed by atoms with Crippen LogP contribution in [0.5, 0.6) is 11.5 Å². The van der Waals surface area contributed by atoms with Crippen LogP contribution in [0, 0.1) is 0 Å². The molecule has 0 bridgehead atoms. The third kappa shape index (κ3) is 6.52. The van der Waals surface area contributed by atoms with Gasteiger partial charge in [-0.05, 0) is 55.0 Å². The lowest BCUT2D eigenvalue weighted by Crippen LogP contribution is -2.19. The molecule has 0 aliphatic carbocycles. The number of rotatable bonds is 9. The molecule has 2 aromatic carbocycles. The molecule has 0 saturated carbocycles. The van der Waals surface area contributed by atoms with E-state index in [2.05, 4.69) is 14.4 Å². The van der Waals surface area contributed by atoms with Gasteiger partial charge in [-0.25, -0.2) is 8.42 Å². The minimum Gasteiger partial charge on any atom is -0.495 e. The highest BCUT2D eigenvalue weighted by molar-refractivity contribution is 7.92. The summed E-state index contributed by atoms with van der Waals surface area (Å²) >= 11 is 6.16. The second-order valence-corrected chi connectivity index (χ2v) is 9.45. The molecule has 3 rings (SSSR count). The Balaban J connectivity index is 2.00. The van der Waals surface area contributed by atoms with Crippen molar-refractivity contribution in [1.29, 1.82) is 0 Å². The molecule has 3 aromatic rings. The Bertz CT molecular complexity index is 1410. The van der Waals surface area contributed by atoms with Crippen molar-refractivity contribution in [3.63, 3.8) is 0 Å². The maximum absolute atomic E-state index is 13.3. The maximum atomic E-state index is 13.3. The molecule has 0 aliphatic rings. The second-order valence-electron chi connectivity index (χ2n) is 7.36. The summed E-state index contributed by atoms with van der Waals surface area (Å²) in [6, 6.07) is 7.46. The van der Waals surface area contributed by atoms with Crippen molar-refractivity contribution in [3.8, 4) is 11.5 Å². The number of anilines is 1. The molecule has 1 N–H and O–H groups in total. The first-order valence-electron chi connectivity index (χ1n) is 10.0. The van der Waals surface area contributed by atoms with Crippen LogP contribution in [0.4, 0.5) is 18.9 Å². The molecule has 0 amide bonds. The number of nitrogens with zero attached hydrogens (tertiary/aromatic N) is 1. The number of alkyl halides is 3. The Hall–Kier alpha value is -3.64. The molecular weight excluding hydrogens is 525 g/mol. The Kier molecular flexibility index (Phi) is 7.89. The van der Waals surface area contributed by atoms with Gasteiger partial charge >= 0.3 is 6.36 Å². The van der Waals surface area contributed by atoms with Crippen molar-refractivity contribution < 1.29 is 40.7 Å². The highest BCUT2D eigenvalue weighted by Gasteiger charge is 2.31. The number of Topliss-reactive ketones (excluding diaryl/α,β-unsaturated/α-hetero) is 2. The van der Waals surface area contributed by atoms with Crippen molar-refractivity contribution in [3.05, 3.63) is 76.6 Å². The maximum Gasteiger partial charge on any atom is 0.573 e. The minimum absolute atomic E-state index is 0.0637. The third-order valence-electron chi connectivity index (χ3n) is 4.77. The van der Waals surface area contributed by atoms with Crippen LogP contribution in [0.3, 0.4) is 0 Å². The molecule has 8 nitrogen and oxygen atoms in total. The fourth-order valence-corrected chi connectivity index (χ4v) is 4.63. The number of ketones is 2. The van der Waals surface area contributed by atoms with Gasteiger partial charge in [0, 0.05) is 18.2 Å². The standard InChI is InChI=1S/C23H18ClF3N2O6S/c1-13(30)21-18(24)7-8-19(22(21)20(31)10-14-9-16(34-2)12-28-11-14)29-36(32,33)17-5-3-15(4-6-17)35-23(25,26)27/h3-9,11-12,29H,10H2,1-2H3. The predicted molar refractivity (Wildman–Crippen MR) is 124 cm³/mol. The normalized spacial score (nSPS) is 11.6. The Morgan fingerprint density at radius 1 is 1.03 bits per heavy atom. The number of sulfonamides is 1. The van der Waals surface area contributed by atoms with Crippen LogP contribution in [-0.4, -0.2) is 38.4 Å². The number of halogens is 4. The first kappa shape index (κ1) is 27.0. The first-order valence-corrected chi connectivity index (χ1v) is 11.9. The number of carbonyl (C=O) groups is 2. The van der Waals surface area contributed by atoms with E-state index in [0.29, 0.717) is 11.3 Å². The Morgan fingerprint density at radius 3 is 2.28 bits per heavy atom. The van der Waals surface area contributed by atoms with Crippen LogP contribution in [0.2, 0.25) is 5.02 Å². The number of nitrogens with one attached hydrogen (secondary N) is 1. The van der Waals surface area contributed by atoms with Crippen LogP contribution in [0.15, 0.2) is 59.8 Å². The minimum atomic E-state index is -4.95. The van der Waals surface area contributed by atoms with Crippen LogP contribution >= 0.6 is 11.6 Å². The summed E-state index contributed by atoms with van der Waals surface area (Å²) in [5.41, 5.74) is -0.256. The molecule has 0 atom stereocenters. The van der Waals surface area contributed by atoms with Gasteiger partial charge in [0.05, 0.1) is 34.5 Å². The van der Waals surface area contributed by atoms with Crippen LogP contribution in [0.1, 0.15) is 33.2 Å². The zero-order chi connectivity index (χ0) is 26.7. The van der Waals surface area contributed by atoms with Gasteiger partial charge in [0.2, 0.25) is 0 Å². The SMILES string of the molecule is COc1cncc(CC(=O)c2c(NS(=O)(=O)c3ccc(OC(F)(F)F)cc3)ccc(Cl)c2C(C)=O)c1. The van der Waals surface area contributed by atoms with Gasteiger partial charge in [0.1, 0.15) is 11.5 Å². The number of benzene rings is 2. The molecule has 1 heterocycles. The molecule has 0 aliphatic heterocycles. The molecule has 1 aromatic heterocycles. The molecule has 0 fully saturated rings. The highest BCUT2D eigenvalue weighted by atomic mass is 35.5. The number of methoxy groups -OCH3 is 1. The van der Waals surface area contributed by atoms with Crippen molar-refractivity contribution in [2.45, 2.75) is 24.6 Å². The molecule has 13 heteroatoms. The number of ether oxygens (including phenoxy) is 2. The molecule has 36 heavy (non-hydrogen) atoms. The zero-order valence-electron chi connectivity index (χ0n) is 18.7. The number of hydrogen-bond donors (Lipinski definition) is 1. The Morgan fingerprint density at radius 2 is 1.69 bits per heavy atom. The van der Waals surface area contributed by atoms with Crippen LogP contribution in [-0.2, 0) is 16.4 Å². The highest BCUT2D eigenvalue weighted by Crippen LogP contribution is 2.31. The lowest BCUT2D eigenvalue weighted by atomic mass is 9.95. The molecule has 0 spiro atoms. The van der Waals surface area contributed by atoms with E-state index in [1.807, 2.05) is 0 Å². The van der Waals surface area contributed by atoms with E-state index in [9.17, 15) is 31.2 Å². The van der Waals surface area contributed by atoms with E-state index in [1.165, 1.54) is 38.6 Å². The molecule has 0 saturated heterocycles. The number of carbonyl (C=O) groups excluding carboxylic acids is 2. The lowest BCUT2D eigenvalue weighted by Gasteiger charge is -2.16. The van der Waals surface area contributed by atoms with Crippen molar-refractivity contribution in [1.82, 2.24) is 4.98 Å². The van der Waals surface area contributed by atoms with Gasteiger partial charge in [-0.2, -0.15) is 0 Å². The summed E-state index contributed by atoms with van der Waals surface area (Å²) in [4.78, 5) is 29.2. The summed E-state index contributed by atoms with van der Waals surface area (Å²) in [6.07, 6.45) is -2.37. The number of pyridine rings is 1. The lowest BCUT2D eigenvalue weighted by molar-refractivity contribution is -0.274. The fraction of sp³-hybridized carbons (Fsp3) is 0.174. The average Bonchev–Trinajstić information content (AvgIpc) is 2.79. The summed E-state index contributed by atoms with van der Waals surface area (Å²) in [5, 5.41) is -0.0637. The van der Waals surface area contributed by atoms with E-state index in [4.69, 9.17) is 16.3 Å².